The molecule has 0 saturated carbocycles. The zero-order valence-electron chi connectivity index (χ0n) is 17.5. The zero-order valence-corrected chi connectivity index (χ0v) is 17.5. The highest BCUT2D eigenvalue weighted by atomic mass is 16.4. The number of ketones is 1. The SMILES string of the molecule is O=C(C[C@@H](CCCCc1ccccc1)C(=O)O)c1ccc2c(c1)CC1=C2CCCC1. The molecule has 2 aliphatic rings. The average Bonchev–Trinajstić information content (AvgIpc) is 3.14. The van der Waals surface area contributed by atoms with Gasteiger partial charge in [-0.05, 0) is 79.7 Å². The van der Waals surface area contributed by atoms with Crippen molar-refractivity contribution in [1.29, 1.82) is 0 Å². The van der Waals surface area contributed by atoms with Crippen LogP contribution in [0.5, 0.6) is 0 Å². The minimum absolute atomic E-state index is 0.0434. The molecule has 156 valence electrons. The Labute approximate surface area is 178 Å². The average molecular weight is 403 g/mol. The molecule has 0 aromatic heterocycles. The van der Waals surface area contributed by atoms with Gasteiger partial charge in [0.25, 0.3) is 0 Å². The monoisotopic (exact) mass is 402 g/mol. The fourth-order valence-corrected chi connectivity index (χ4v) is 4.94. The standard InChI is InChI=1S/C27H30O3/c28-26(18-22(27(29)30)12-5-4-10-19-8-2-1-3-9-19)21-14-15-25-23(17-21)16-20-11-6-7-13-24(20)25/h1-3,8-9,14-15,17,22H,4-7,10-13,16,18H2,(H,29,30)/t22-/m1/s1. The molecule has 1 atom stereocenters. The lowest BCUT2D eigenvalue weighted by Crippen LogP contribution is -2.18. The van der Waals surface area contributed by atoms with E-state index in [1.165, 1.54) is 41.5 Å². The van der Waals surface area contributed by atoms with Gasteiger partial charge >= 0.3 is 5.97 Å². The predicted octanol–water partition coefficient (Wildman–Crippen LogP) is 6.26. The van der Waals surface area contributed by atoms with Gasteiger partial charge in [-0.3, -0.25) is 9.59 Å². The maximum absolute atomic E-state index is 12.9. The molecule has 0 unspecified atom stereocenters. The minimum Gasteiger partial charge on any atom is -0.481 e. The second-order valence-electron chi connectivity index (χ2n) is 8.73. The van der Waals surface area contributed by atoms with Gasteiger partial charge in [-0.25, -0.2) is 0 Å². The van der Waals surface area contributed by atoms with Crippen molar-refractivity contribution in [2.24, 2.45) is 5.92 Å². The largest absolute Gasteiger partial charge is 0.481 e. The summed E-state index contributed by atoms with van der Waals surface area (Å²) in [6, 6.07) is 16.3. The molecule has 0 radical (unpaired) electrons. The molecule has 0 saturated heterocycles. The summed E-state index contributed by atoms with van der Waals surface area (Å²) in [6.07, 6.45) is 9.17. The van der Waals surface area contributed by atoms with E-state index in [-0.39, 0.29) is 12.2 Å². The number of hydrogen-bond donors (Lipinski definition) is 1. The fourth-order valence-electron chi connectivity index (χ4n) is 4.94. The van der Waals surface area contributed by atoms with Crippen LogP contribution in [0.2, 0.25) is 0 Å². The second-order valence-corrected chi connectivity index (χ2v) is 8.73. The van der Waals surface area contributed by atoms with Gasteiger partial charge < -0.3 is 5.11 Å². The first-order chi connectivity index (χ1) is 14.6. The molecule has 0 spiro atoms. The number of aliphatic carboxylic acids is 1. The third-order valence-corrected chi connectivity index (χ3v) is 6.63. The summed E-state index contributed by atoms with van der Waals surface area (Å²) in [4.78, 5) is 24.6. The third-order valence-electron chi connectivity index (χ3n) is 6.63. The lowest BCUT2D eigenvalue weighted by molar-refractivity contribution is -0.141. The van der Waals surface area contributed by atoms with E-state index >= 15 is 0 Å². The van der Waals surface area contributed by atoms with E-state index < -0.39 is 11.9 Å². The summed E-state index contributed by atoms with van der Waals surface area (Å²) in [5.74, 6) is -1.51. The minimum atomic E-state index is -0.860. The molecule has 0 amide bonds. The van der Waals surface area contributed by atoms with Gasteiger partial charge in [-0.2, -0.15) is 0 Å². The highest BCUT2D eigenvalue weighted by molar-refractivity contribution is 5.98. The Bertz CT molecular complexity index is 955. The van der Waals surface area contributed by atoms with Crippen LogP contribution in [0.3, 0.4) is 0 Å². The number of hydrogen-bond acceptors (Lipinski definition) is 2. The Morgan fingerprint density at radius 3 is 2.57 bits per heavy atom. The third kappa shape index (κ3) is 4.72. The Morgan fingerprint density at radius 1 is 0.967 bits per heavy atom. The maximum Gasteiger partial charge on any atom is 0.306 e. The summed E-state index contributed by atoms with van der Waals surface area (Å²) in [5.41, 5.74) is 7.55. The van der Waals surface area contributed by atoms with Crippen molar-refractivity contribution in [3.05, 3.63) is 76.4 Å². The van der Waals surface area contributed by atoms with Crippen molar-refractivity contribution in [3.63, 3.8) is 0 Å². The molecule has 1 N–H and O–H groups in total. The summed E-state index contributed by atoms with van der Waals surface area (Å²) in [7, 11) is 0. The van der Waals surface area contributed by atoms with Crippen molar-refractivity contribution in [2.45, 2.75) is 64.2 Å². The Hall–Kier alpha value is -2.68. The normalized spacial score (nSPS) is 16.1. The van der Waals surface area contributed by atoms with Crippen LogP contribution in [0.25, 0.3) is 5.57 Å². The van der Waals surface area contributed by atoms with Crippen LogP contribution in [-0.4, -0.2) is 16.9 Å². The summed E-state index contributed by atoms with van der Waals surface area (Å²) in [6.45, 7) is 0. The number of carboxylic acids is 1. The number of unbranched alkanes of at least 4 members (excludes halogenated alkanes) is 1. The smallest absolute Gasteiger partial charge is 0.306 e. The molecular formula is C27H30O3. The quantitative estimate of drug-likeness (QED) is 0.398. The highest BCUT2D eigenvalue weighted by Gasteiger charge is 2.26. The molecule has 30 heavy (non-hydrogen) atoms. The van der Waals surface area contributed by atoms with E-state index in [9.17, 15) is 14.7 Å². The van der Waals surface area contributed by atoms with Gasteiger partial charge in [0.2, 0.25) is 0 Å². The van der Waals surface area contributed by atoms with Crippen molar-refractivity contribution < 1.29 is 14.7 Å². The number of carboxylic acid groups (broad SMARTS) is 1. The van der Waals surface area contributed by atoms with Crippen molar-refractivity contribution in [3.8, 4) is 0 Å². The van der Waals surface area contributed by atoms with E-state index in [0.717, 1.165) is 32.1 Å². The molecule has 0 fully saturated rings. The van der Waals surface area contributed by atoms with Crippen LogP contribution < -0.4 is 0 Å². The topological polar surface area (TPSA) is 54.4 Å². The second kappa shape index (κ2) is 9.42. The summed E-state index contributed by atoms with van der Waals surface area (Å²) in [5, 5.41) is 9.62. The van der Waals surface area contributed by atoms with Crippen LogP contribution >= 0.6 is 0 Å². The number of carbonyl (C=O) groups excluding carboxylic acids is 1. The first-order valence-corrected chi connectivity index (χ1v) is 11.3. The molecule has 0 bridgehead atoms. The van der Waals surface area contributed by atoms with Crippen LogP contribution in [0, 0.1) is 5.92 Å². The van der Waals surface area contributed by atoms with Crippen LogP contribution in [0.1, 0.15) is 78.4 Å². The van der Waals surface area contributed by atoms with Crippen LogP contribution in [0.15, 0.2) is 54.1 Å². The van der Waals surface area contributed by atoms with Gasteiger partial charge in [0, 0.05) is 12.0 Å². The molecule has 2 aliphatic carbocycles. The number of aryl methyl sites for hydroxylation is 1. The zero-order chi connectivity index (χ0) is 20.9. The van der Waals surface area contributed by atoms with Gasteiger partial charge in [-0.1, -0.05) is 54.5 Å². The number of allylic oxidation sites excluding steroid dienone is 2. The van der Waals surface area contributed by atoms with Crippen molar-refractivity contribution in [1.82, 2.24) is 0 Å². The number of rotatable bonds is 9. The number of fused-ring (bicyclic) bond motifs is 2. The molecule has 4 rings (SSSR count). The molecule has 0 aliphatic heterocycles. The van der Waals surface area contributed by atoms with Crippen LogP contribution in [-0.2, 0) is 17.6 Å². The summed E-state index contributed by atoms with van der Waals surface area (Å²) >= 11 is 0. The van der Waals surface area contributed by atoms with E-state index in [0.29, 0.717) is 12.0 Å². The van der Waals surface area contributed by atoms with E-state index in [1.807, 2.05) is 30.3 Å². The fraction of sp³-hybridized carbons (Fsp3) is 0.407. The number of Topliss-reactive ketones (excluding diaryl/α,β-unsaturated/α-hetero) is 1. The molecular weight excluding hydrogens is 372 g/mol. The molecule has 3 nitrogen and oxygen atoms in total. The van der Waals surface area contributed by atoms with Crippen LogP contribution in [0.4, 0.5) is 0 Å². The van der Waals surface area contributed by atoms with Crippen molar-refractivity contribution in [2.75, 3.05) is 0 Å². The summed E-state index contributed by atoms with van der Waals surface area (Å²) < 4.78 is 0. The molecule has 0 heterocycles. The maximum atomic E-state index is 12.9. The molecule has 2 aromatic rings. The van der Waals surface area contributed by atoms with Gasteiger partial charge in [0.05, 0.1) is 5.92 Å². The van der Waals surface area contributed by atoms with E-state index in [1.54, 1.807) is 5.57 Å². The Kier molecular flexibility index (Phi) is 6.47. The Balaban J connectivity index is 1.33. The lowest BCUT2D eigenvalue weighted by Gasteiger charge is -2.14. The number of carbonyl (C=O) groups is 2. The molecule has 3 heteroatoms. The van der Waals surface area contributed by atoms with E-state index in [2.05, 4.69) is 18.2 Å². The highest BCUT2D eigenvalue weighted by Crippen LogP contribution is 2.41. The van der Waals surface area contributed by atoms with Gasteiger partial charge in [-0.15, -0.1) is 0 Å². The Morgan fingerprint density at radius 2 is 1.77 bits per heavy atom. The predicted molar refractivity (Wildman–Crippen MR) is 120 cm³/mol. The first kappa shape index (κ1) is 20.6. The first-order valence-electron chi connectivity index (χ1n) is 11.3. The molecule has 2 aromatic carbocycles. The van der Waals surface area contributed by atoms with Crippen molar-refractivity contribution >= 4 is 17.3 Å². The number of benzene rings is 2. The van der Waals surface area contributed by atoms with E-state index in [4.69, 9.17) is 0 Å². The lowest BCUT2D eigenvalue weighted by atomic mass is 9.90. The van der Waals surface area contributed by atoms with Gasteiger partial charge in [0.15, 0.2) is 5.78 Å². The van der Waals surface area contributed by atoms with Gasteiger partial charge in [0.1, 0.15) is 0 Å².